The smallest absolute Gasteiger partial charge is 0.258 e. The van der Waals surface area contributed by atoms with Crippen molar-refractivity contribution in [3.63, 3.8) is 0 Å². The third-order valence-corrected chi connectivity index (χ3v) is 3.35. The molecule has 7 heteroatoms. The summed E-state index contributed by atoms with van der Waals surface area (Å²) in [7, 11) is 1.57. The zero-order valence-corrected chi connectivity index (χ0v) is 13.8. The maximum absolute atomic E-state index is 11.8. The minimum Gasteiger partial charge on any atom is -0.497 e. The molecule has 6 nitrogen and oxygen atoms in total. The first-order chi connectivity index (χ1) is 11.6. The van der Waals surface area contributed by atoms with Gasteiger partial charge in [-0.05, 0) is 36.4 Å². The summed E-state index contributed by atoms with van der Waals surface area (Å²) in [5.74, 6) is 0.454. The fraction of sp³-hybridized carbons (Fsp3) is 0.176. The van der Waals surface area contributed by atoms with Crippen LogP contribution < -0.4 is 20.1 Å². The van der Waals surface area contributed by atoms with Crippen LogP contribution in [0.4, 0.5) is 5.69 Å². The number of nitrogens with one attached hydrogen (secondary N) is 2. The molecule has 2 rings (SSSR count). The molecule has 0 aliphatic heterocycles. The van der Waals surface area contributed by atoms with Crippen molar-refractivity contribution in [3.8, 4) is 11.5 Å². The molecule has 0 radical (unpaired) electrons. The predicted molar refractivity (Wildman–Crippen MR) is 91.6 cm³/mol. The summed E-state index contributed by atoms with van der Waals surface area (Å²) in [5, 5.41) is 5.51. The SMILES string of the molecule is COc1ccc(OCC(=O)NCC(=O)Nc2ccccc2Cl)cc1. The molecule has 0 aromatic heterocycles. The lowest BCUT2D eigenvalue weighted by Crippen LogP contribution is -2.35. The third kappa shape index (κ3) is 5.48. The number of methoxy groups -OCH3 is 1. The zero-order valence-electron chi connectivity index (χ0n) is 13.0. The third-order valence-electron chi connectivity index (χ3n) is 3.02. The van der Waals surface area contributed by atoms with Crippen LogP contribution in [0.25, 0.3) is 0 Å². The number of carbonyl (C=O) groups excluding carboxylic acids is 2. The quantitative estimate of drug-likeness (QED) is 0.806. The Morgan fingerprint density at radius 1 is 1.00 bits per heavy atom. The second kappa shape index (κ2) is 8.79. The van der Waals surface area contributed by atoms with Gasteiger partial charge in [0, 0.05) is 0 Å². The lowest BCUT2D eigenvalue weighted by Gasteiger charge is -2.09. The lowest BCUT2D eigenvalue weighted by molar-refractivity contribution is -0.125. The van der Waals surface area contributed by atoms with Gasteiger partial charge < -0.3 is 20.1 Å². The van der Waals surface area contributed by atoms with Gasteiger partial charge in [0.1, 0.15) is 11.5 Å². The predicted octanol–water partition coefficient (Wildman–Crippen LogP) is 2.48. The van der Waals surface area contributed by atoms with E-state index in [2.05, 4.69) is 10.6 Å². The number of amides is 2. The highest BCUT2D eigenvalue weighted by Gasteiger charge is 2.08. The fourth-order valence-electron chi connectivity index (χ4n) is 1.81. The highest BCUT2D eigenvalue weighted by molar-refractivity contribution is 6.33. The van der Waals surface area contributed by atoms with E-state index in [0.717, 1.165) is 0 Å². The number of hydrogen-bond acceptors (Lipinski definition) is 4. The Hall–Kier alpha value is -2.73. The highest BCUT2D eigenvalue weighted by atomic mass is 35.5. The topological polar surface area (TPSA) is 76.7 Å². The second-order valence-corrected chi connectivity index (χ2v) is 5.18. The Kier molecular flexibility index (Phi) is 6.45. The number of ether oxygens (including phenoxy) is 2. The molecule has 2 aromatic carbocycles. The molecule has 0 unspecified atom stereocenters. The van der Waals surface area contributed by atoms with Crippen LogP contribution in [0, 0.1) is 0 Å². The summed E-state index contributed by atoms with van der Waals surface area (Å²) < 4.78 is 10.3. The van der Waals surface area contributed by atoms with E-state index in [1.807, 2.05) is 0 Å². The lowest BCUT2D eigenvalue weighted by atomic mass is 10.3. The van der Waals surface area contributed by atoms with Gasteiger partial charge in [0.25, 0.3) is 5.91 Å². The summed E-state index contributed by atoms with van der Waals surface area (Å²) >= 11 is 5.94. The van der Waals surface area contributed by atoms with Crippen molar-refractivity contribution in [2.75, 3.05) is 25.6 Å². The summed E-state index contributed by atoms with van der Waals surface area (Å²) in [6.45, 7) is -0.359. The average Bonchev–Trinajstić information content (AvgIpc) is 2.60. The first kappa shape index (κ1) is 17.6. The van der Waals surface area contributed by atoms with Crippen LogP contribution >= 0.6 is 11.6 Å². The largest absolute Gasteiger partial charge is 0.497 e. The summed E-state index contributed by atoms with van der Waals surface area (Å²) in [6, 6.07) is 13.7. The Morgan fingerprint density at radius 3 is 2.33 bits per heavy atom. The standard InChI is InChI=1S/C17H17ClN2O4/c1-23-12-6-8-13(9-7-12)24-11-17(22)19-10-16(21)20-15-5-3-2-4-14(15)18/h2-9H,10-11H2,1H3,(H,19,22)(H,20,21). The monoisotopic (exact) mass is 348 g/mol. The van der Waals surface area contributed by atoms with E-state index in [1.54, 1.807) is 55.6 Å². The van der Waals surface area contributed by atoms with Crippen LogP contribution in [0.1, 0.15) is 0 Å². The molecule has 0 heterocycles. The molecule has 126 valence electrons. The van der Waals surface area contributed by atoms with Crippen molar-refractivity contribution < 1.29 is 19.1 Å². The van der Waals surface area contributed by atoms with Crippen molar-refractivity contribution >= 4 is 29.1 Å². The summed E-state index contributed by atoms with van der Waals surface area (Å²) in [4.78, 5) is 23.5. The molecule has 0 atom stereocenters. The molecule has 0 bridgehead atoms. The van der Waals surface area contributed by atoms with E-state index >= 15 is 0 Å². The molecule has 0 aliphatic carbocycles. The normalized spacial score (nSPS) is 9.92. The molecular weight excluding hydrogens is 332 g/mol. The van der Waals surface area contributed by atoms with Crippen molar-refractivity contribution in [2.45, 2.75) is 0 Å². The zero-order chi connectivity index (χ0) is 17.4. The van der Waals surface area contributed by atoms with E-state index in [-0.39, 0.29) is 19.1 Å². The van der Waals surface area contributed by atoms with Crippen LogP contribution in [-0.4, -0.2) is 32.1 Å². The van der Waals surface area contributed by atoms with Gasteiger partial charge in [0.05, 0.1) is 24.4 Å². The molecule has 2 aromatic rings. The van der Waals surface area contributed by atoms with E-state index < -0.39 is 5.91 Å². The van der Waals surface area contributed by atoms with Gasteiger partial charge in [-0.1, -0.05) is 23.7 Å². The summed E-state index contributed by atoms with van der Waals surface area (Å²) in [5.41, 5.74) is 0.493. The Morgan fingerprint density at radius 2 is 1.67 bits per heavy atom. The van der Waals surface area contributed by atoms with Crippen LogP contribution in [0.5, 0.6) is 11.5 Å². The van der Waals surface area contributed by atoms with Gasteiger partial charge in [0.2, 0.25) is 5.91 Å². The minimum atomic E-state index is -0.403. The maximum atomic E-state index is 11.8. The van der Waals surface area contributed by atoms with Gasteiger partial charge in [-0.15, -0.1) is 0 Å². The van der Waals surface area contributed by atoms with Crippen molar-refractivity contribution in [1.82, 2.24) is 5.32 Å². The fourth-order valence-corrected chi connectivity index (χ4v) is 1.99. The number of benzene rings is 2. The molecule has 0 saturated heterocycles. The van der Waals surface area contributed by atoms with Gasteiger partial charge in [0.15, 0.2) is 6.61 Å². The average molecular weight is 349 g/mol. The molecule has 0 spiro atoms. The van der Waals surface area contributed by atoms with Crippen LogP contribution in [0.15, 0.2) is 48.5 Å². The van der Waals surface area contributed by atoms with E-state index in [1.165, 1.54) is 0 Å². The second-order valence-electron chi connectivity index (χ2n) is 4.77. The van der Waals surface area contributed by atoms with E-state index in [9.17, 15) is 9.59 Å². The number of anilines is 1. The van der Waals surface area contributed by atoms with Gasteiger partial charge in [-0.3, -0.25) is 9.59 Å². The molecule has 24 heavy (non-hydrogen) atoms. The molecular formula is C17H17ClN2O4. The van der Waals surface area contributed by atoms with Gasteiger partial charge in [-0.25, -0.2) is 0 Å². The number of para-hydroxylation sites is 1. The van der Waals surface area contributed by atoms with E-state index in [4.69, 9.17) is 21.1 Å². The Balaban J connectivity index is 1.72. The molecule has 0 fully saturated rings. The van der Waals surface area contributed by atoms with Crippen molar-refractivity contribution in [2.24, 2.45) is 0 Å². The van der Waals surface area contributed by atoms with Crippen LogP contribution in [0.3, 0.4) is 0 Å². The number of rotatable bonds is 7. The first-order valence-electron chi connectivity index (χ1n) is 7.16. The Labute approximate surface area is 144 Å². The number of halogens is 1. The van der Waals surface area contributed by atoms with Crippen LogP contribution in [-0.2, 0) is 9.59 Å². The maximum Gasteiger partial charge on any atom is 0.258 e. The molecule has 0 aliphatic rings. The number of hydrogen-bond donors (Lipinski definition) is 2. The Bertz CT molecular complexity index is 704. The first-order valence-corrected chi connectivity index (χ1v) is 7.54. The van der Waals surface area contributed by atoms with E-state index in [0.29, 0.717) is 22.2 Å². The molecule has 2 N–H and O–H groups in total. The molecule has 0 saturated carbocycles. The number of carbonyl (C=O) groups is 2. The van der Waals surface area contributed by atoms with Crippen LogP contribution in [0.2, 0.25) is 5.02 Å². The van der Waals surface area contributed by atoms with Gasteiger partial charge >= 0.3 is 0 Å². The summed E-state index contributed by atoms with van der Waals surface area (Å²) in [6.07, 6.45) is 0. The minimum absolute atomic E-state index is 0.171. The highest BCUT2D eigenvalue weighted by Crippen LogP contribution is 2.20. The van der Waals surface area contributed by atoms with Gasteiger partial charge in [-0.2, -0.15) is 0 Å². The van der Waals surface area contributed by atoms with Crippen molar-refractivity contribution in [1.29, 1.82) is 0 Å². The molecule has 2 amide bonds. The van der Waals surface area contributed by atoms with Crippen molar-refractivity contribution in [3.05, 3.63) is 53.6 Å².